The lowest BCUT2D eigenvalue weighted by Gasteiger charge is -2.09. The van der Waals surface area contributed by atoms with Crippen LogP contribution in [0.1, 0.15) is 34.2 Å². The molecule has 0 radical (unpaired) electrons. The van der Waals surface area contributed by atoms with Gasteiger partial charge >= 0.3 is 0 Å². The zero-order valence-corrected chi connectivity index (χ0v) is 18.3. The van der Waals surface area contributed by atoms with Gasteiger partial charge in [0, 0.05) is 5.39 Å². The van der Waals surface area contributed by atoms with Gasteiger partial charge in [-0.1, -0.05) is 72.8 Å². The van der Waals surface area contributed by atoms with Crippen LogP contribution in [-0.2, 0) is 32.1 Å². The molecule has 0 amide bonds. The zero-order chi connectivity index (χ0) is 22.3. The second-order valence-electron chi connectivity index (χ2n) is 8.36. The van der Waals surface area contributed by atoms with Gasteiger partial charge < -0.3 is 0 Å². The lowest BCUT2D eigenvalue weighted by Crippen LogP contribution is -1.97. The van der Waals surface area contributed by atoms with E-state index in [4.69, 9.17) is 0 Å². The van der Waals surface area contributed by atoms with E-state index >= 15 is 4.39 Å². The van der Waals surface area contributed by atoms with Gasteiger partial charge in [-0.15, -0.1) is 6.58 Å². The van der Waals surface area contributed by atoms with E-state index in [1.165, 1.54) is 28.8 Å². The van der Waals surface area contributed by atoms with Gasteiger partial charge in [-0.3, -0.25) is 0 Å². The van der Waals surface area contributed by atoms with Crippen LogP contribution in [0, 0.1) is 11.6 Å². The van der Waals surface area contributed by atoms with E-state index in [-0.39, 0.29) is 11.6 Å². The molecule has 2 heteroatoms. The summed E-state index contributed by atoms with van der Waals surface area (Å²) in [6.45, 7) is 3.78. The van der Waals surface area contributed by atoms with Crippen molar-refractivity contribution in [3.63, 3.8) is 0 Å². The van der Waals surface area contributed by atoms with Crippen molar-refractivity contribution >= 4 is 10.8 Å². The average Bonchev–Trinajstić information content (AvgIpc) is 2.82. The van der Waals surface area contributed by atoms with Crippen molar-refractivity contribution in [2.24, 2.45) is 0 Å². The molecule has 0 N–H and O–H groups in total. The Hall–Kier alpha value is -3.26. The van der Waals surface area contributed by atoms with Crippen molar-refractivity contribution < 1.29 is 8.78 Å². The molecular formula is C30H28F2. The molecule has 0 aliphatic heterocycles. The van der Waals surface area contributed by atoms with Gasteiger partial charge in [-0.05, 0) is 83.9 Å². The standard InChI is InChI=1S/C30H28F2/c1-2-3-4-22-5-7-23(8-6-22)9-10-25-14-20-29-27(21-25)17-16-26(30(29)32)15-11-24-12-18-28(31)19-13-24/h2,5-8,12-14,16-21H,1,3-4,9-11,15H2. The molecule has 162 valence electrons. The average molecular weight is 427 g/mol. The Morgan fingerprint density at radius 3 is 1.84 bits per heavy atom. The fourth-order valence-electron chi connectivity index (χ4n) is 4.10. The van der Waals surface area contributed by atoms with Crippen LogP contribution in [-0.4, -0.2) is 0 Å². The lowest BCUT2D eigenvalue weighted by atomic mass is 9.97. The molecular weight excluding hydrogens is 398 g/mol. The maximum Gasteiger partial charge on any atom is 0.134 e. The summed E-state index contributed by atoms with van der Waals surface area (Å²) >= 11 is 0. The second-order valence-corrected chi connectivity index (χ2v) is 8.36. The molecule has 0 bridgehead atoms. The number of fused-ring (bicyclic) bond motifs is 1. The fourth-order valence-corrected chi connectivity index (χ4v) is 4.10. The maximum atomic E-state index is 15.1. The topological polar surface area (TPSA) is 0 Å². The van der Waals surface area contributed by atoms with Gasteiger partial charge in [0.25, 0.3) is 0 Å². The number of aryl methyl sites for hydroxylation is 5. The van der Waals surface area contributed by atoms with Crippen LogP contribution in [0.2, 0.25) is 0 Å². The third-order valence-electron chi connectivity index (χ3n) is 6.06. The highest BCUT2D eigenvalue weighted by atomic mass is 19.1. The first-order valence-electron chi connectivity index (χ1n) is 11.3. The number of benzene rings is 4. The van der Waals surface area contributed by atoms with Crippen molar-refractivity contribution in [3.05, 3.63) is 131 Å². The van der Waals surface area contributed by atoms with E-state index in [0.29, 0.717) is 23.8 Å². The van der Waals surface area contributed by atoms with E-state index in [9.17, 15) is 4.39 Å². The number of hydrogen-bond donors (Lipinski definition) is 0. The Morgan fingerprint density at radius 2 is 1.16 bits per heavy atom. The maximum absolute atomic E-state index is 15.1. The molecule has 4 aromatic rings. The Bertz CT molecular complexity index is 1190. The minimum absolute atomic E-state index is 0.147. The largest absolute Gasteiger partial charge is 0.207 e. The van der Waals surface area contributed by atoms with Crippen molar-refractivity contribution in [1.82, 2.24) is 0 Å². The Labute approximate surface area is 189 Å². The highest BCUT2D eigenvalue weighted by molar-refractivity contribution is 5.84. The summed E-state index contributed by atoms with van der Waals surface area (Å²) in [4.78, 5) is 0. The molecule has 0 saturated carbocycles. The fraction of sp³-hybridized carbons (Fsp3) is 0.200. The minimum atomic E-state index is -0.248. The zero-order valence-electron chi connectivity index (χ0n) is 18.3. The Balaban J connectivity index is 1.41. The minimum Gasteiger partial charge on any atom is -0.207 e. The first-order chi connectivity index (χ1) is 15.6. The van der Waals surface area contributed by atoms with Crippen molar-refractivity contribution in [3.8, 4) is 0 Å². The molecule has 0 aliphatic rings. The van der Waals surface area contributed by atoms with Crippen LogP contribution in [0.5, 0.6) is 0 Å². The summed E-state index contributed by atoms with van der Waals surface area (Å²) in [6.07, 6.45) is 7.16. The van der Waals surface area contributed by atoms with E-state index < -0.39 is 0 Å². The molecule has 4 aromatic carbocycles. The third kappa shape index (κ3) is 5.50. The molecule has 0 fully saturated rings. The SMILES string of the molecule is C=CCCc1ccc(CCc2ccc3c(F)c(CCc4ccc(F)cc4)ccc3c2)cc1. The van der Waals surface area contributed by atoms with Crippen LogP contribution < -0.4 is 0 Å². The van der Waals surface area contributed by atoms with Crippen LogP contribution in [0.15, 0.2) is 91.5 Å². The number of hydrogen-bond acceptors (Lipinski definition) is 0. The molecule has 0 heterocycles. The van der Waals surface area contributed by atoms with Crippen LogP contribution in [0.3, 0.4) is 0 Å². The molecule has 0 atom stereocenters. The summed E-state index contributed by atoms with van der Waals surface area (Å²) in [5.41, 5.74) is 5.58. The highest BCUT2D eigenvalue weighted by Crippen LogP contribution is 2.24. The molecule has 0 nitrogen and oxygen atoms in total. The van der Waals surface area contributed by atoms with Gasteiger partial charge in [0.15, 0.2) is 0 Å². The summed E-state index contributed by atoms with van der Waals surface area (Å²) in [7, 11) is 0. The summed E-state index contributed by atoms with van der Waals surface area (Å²) in [5, 5.41) is 1.60. The van der Waals surface area contributed by atoms with Crippen molar-refractivity contribution in [1.29, 1.82) is 0 Å². The van der Waals surface area contributed by atoms with Gasteiger partial charge in [-0.25, -0.2) is 8.78 Å². The molecule has 0 aromatic heterocycles. The molecule has 4 rings (SSSR count). The lowest BCUT2D eigenvalue weighted by molar-refractivity contribution is 0.619. The summed E-state index contributed by atoms with van der Waals surface area (Å²) < 4.78 is 28.1. The quantitative estimate of drug-likeness (QED) is 0.239. The molecule has 32 heavy (non-hydrogen) atoms. The number of allylic oxidation sites excluding steroid dienone is 1. The Morgan fingerprint density at radius 1 is 0.594 bits per heavy atom. The smallest absolute Gasteiger partial charge is 0.134 e. The van der Waals surface area contributed by atoms with Crippen LogP contribution in [0.4, 0.5) is 8.78 Å². The van der Waals surface area contributed by atoms with Gasteiger partial charge in [0.2, 0.25) is 0 Å². The first kappa shape index (κ1) is 22.0. The van der Waals surface area contributed by atoms with E-state index in [2.05, 4.69) is 36.9 Å². The Kier molecular flexibility index (Phi) is 7.11. The van der Waals surface area contributed by atoms with E-state index in [1.54, 1.807) is 12.1 Å². The molecule has 0 unspecified atom stereocenters. The van der Waals surface area contributed by atoms with Gasteiger partial charge in [-0.2, -0.15) is 0 Å². The molecule has 0 spiro atoms. The van der Waals surface area contributed by atoms with Gasteiger partial charge in [0.1, 0.15) is 11.6 Å². The predicted octanol–water partition coefficient (Wildman–Crippen LogP) is 7.81. The second kappa shape index (κ2) is 10.4. The van der Waals surface area contributed by atoms with Crippen molar-refractivity contribution in [2.45, 2.75) is 38.5 Å². The third-order valence-corrected chi connectivity index (χ3v) is 6.06. The van der Waals surface area contributed by atoms with E-state index in [0.717, 1.165) is 36.6 Å². The predicted molar refractivity (Wildman–Crippen MR) is 130 cm³/mol. The summed E-state index contributed by atoms with van der Waals surface area (Å²) in [6, 6.07) is 25.1. The van der Waals surface area contributed by atoms with Crippen LogP contribution in [0.25, 0.3) is 10.8 Å². The summed E-state index contributed by atoms with van der Waals surface area (Å²) in [5.74, 6) is -0.395. The normalized spacial score (nSPS) is 11.1. The molecule has 0 saturated heterocycles. The number of halogens is 2. The number of rotatable bonds is 9. The van der Waals surface area contributed by atoms with Gasteiger partial charge in [0.05, 0.1) is 0 Å². The van der Waals surface area contributed by atoms with E-state index in [1.807, 2.05) is 30.3 Å². The first-order valence-corrected chi connectivity index (χ1v) is 11.3. The monoisotopic (exact) mass is 426 g/mol. The molecule has 0 aliphatic carbocycles. The highest BCUT2D eigenvalue weighted by Gasteiger charge is 2.09. The van der Waals surface area contributed by atoms with Crippen molar-refractivity contribution in [2.75, 3.05) is 0 Å². The van der Waals surface area contributed by atoms with Crippen LogP contribution >= 0.6 is 0 Å².